The Morgan fingerprint density at radius 2 is 1.95 bits per heavy atom. The minimum Gasteiger partial charge on any atom is -0.363 e. The average molecular weight is 291 g/mol. The van der Waals surface area contributed by atoms with E-state index in [9.17, 15) is 10.1 Å². The van der Waals surface area contributed by atoms with Gasteiger partial charge >= 0.3 is 5.00 Å². The van der Waals surface area contributed by atoms with E-state index < -0.39 is 0 Å². The summed E-state index contributed by atoms with van der Waals surface area (Å²) < 4.78 is 2.26. The second kappa shape index (κ2) is 5.28. The number of rotatable bonds is 3. The lowest BCUT2D eigenvalue weighted by molar-refractivity contribution is -0.380. The third kappa shape index (κ3) is 2.43. The van der Waals surface area contributed by atoms with E-state index in [0.29, 0.717) is 6.04 Å². The van der Waals surface area contributed by atoms with Crippen molar-refractivity contribution in [3.05, 3.63) is 46.3 Å². The maximum absolute atomic E-state index is 10.9. The summed E-state index contributed by atoms with van der Waals surface area (Å²) in [5.74, 6) is 0. The Hall–Kier alpha value is -1.82. The zero-order valence-electron chi connectivity index (χ0n) is 11.4. The van der Waals surface area contributed by atoms with Gasteiger partial charge in [-0.15, -0.1) is 0 Å². The number of anilines is 1. The number of aromatic nitrogens is 1. The van der Waals surface area contributed by atoms with Crippen LogP contribution in [0.5, 0.6) is 0 Å². The molecular weight excluding hydrogens is 274 g/mol. The van der Waals surface area contributed by atoms with E-state index in [1.54, 1.807) is 6.07 Å². The van der Waals surface area contributed by atoms with E-state index in [1.165, 1.54) is 11.3 Å². The van der Waals surface area contributed by atoms with Gasteiger partial charge in [-0.25, -0.2) is 0 Å². The average Bonchev–Trinajstić information content (AvgIpc) is 3.08. The summed E-state index contributed by atoms with van der Waals surface area (Å²) in [6, 6.07) is 6.34. The van der Waals surface area contributed by atoms with Crippen LogP contribution in [0.25, 0.3) is 0 Å². The molecule has 1 saturated heterocycles. The quantitative estimate of drug-likeness (QED) is 0.641. The van der Waals surface area contributed by atoms with Crippen LogP contribution in [0.15, 0.2) is 30.6 Å². The number of nitro groups is 1. The lowest BCUT2D eigenvalue weighted by Gasteiger charge is -2.33. The van der Waals surface area contributed by atoms with Crippen LogP contribution < -0.4 is 4.90 Å². The van der Waals surface area contributed by atoms with Crippen LogP contribution in [0.1, 0.15) is 24.4 Å². The molecule has 106 valence electrons. The Balaban J connectivity index is 1.70. The molecule has 20 heavy (non-hydrogen) atoms. The van der Waals surface area contributed by atoms with Crippen LogP contribution in [0.2, 0.25) is 0 Å². The molecule has 1 fully saturated rings. The van der Waals surface area contributed by atoms with Gasteiger partial charge in [0, 0.05) is 37.6 Å². The summed E-state index contributed by atoms with van der Waals surface area (Å²) in [5.41, 5.74) is 1.01. The zero-order valence-corrected chi connectivity index (χ0v) is 12.2. The van der Waals surface area contributed by atoms with Crippen molar-refractivity contribution in [2.45, 2.75) is 25.8 Å². The predicted molar refractivity (Wildman–Crippen MR) is 80.6 cm³/mol. The number of piperidine rings is 1. The van der Waals surface area contributed by atoms with Crippen molar-refractivity contribution in [3.8, 4) is 0 Å². The standard InChI is InChI=1S/C14H17N3O2S/c1-11-10-13(17(18)19)20-14(11)16-8-4-12(5-9-16)15-6-2-3-7-15/h2-3,6-7,10,12H,4-5,8-9H2,1H3. The molecular formula is C14H17N3O2S. The van der Waals surface area contributed by atoms with Crippen LogP contribution >= 0.6 is 11.3 Å². The van der Waals surface area contributed by atoms with E-state index in [0.717, 1.165) is 36.5 Å². The molecule has 2 aromatic rings. The molecule has 5 nitrogen and oxygen atoms in total. The van der Waals surface area contributed by atoms with E-state index in [1.807, 2.05) is 6.92 Å². The fourth-order valence-electron chi connectivity index (χ4n) is 2.82. The first-order valence-electron chi connectivity index (χ1n) is 6.77. The summed E-state index contributed by atoms with van der Waals surface area (Å²) in [5, 5.41) is 12.1. The second-order valence-corrected chi connectivity index (χ2v) is 6.19. The normalized spacial score (nSPS) is 16.6. The van der Waals surface area contributed by atoms with Crippen molar-refractivity contribution < 1.29 is 4.92 Å². The van der Waals surface area contributed by atoms with Gasteiger partial charge in [0.25, 0.3) is 0 Å². The molecule has 0 N–H and O–H groups in total. The minimum atomic E-state index is -0.298. The molecule has 0 bridgehead atoms. The molecule has 3 heterocycles. The number of hydrogen-bond acceptors (Lipinski definition) is 4. The van der Waals surface area contributed by atoms with Gasteiger partial charge in [-0.2, -0.15) is 0 Å². The number of aryl methyl sites for hydroxylation is 1. The molecule has 6 heteroatoms. The summed E-state index contributed by atoms with van der Waals surface area (Å²) >= 11 is 1.29. The first-order valence-corrected chi connectivity index (χ1v) is 7.59. The number of nitrogens with zero attached hydrogens (tertiary/aromatic N) is 3. The third-order valence-electron chi connectivity index (χ3n) is 3.86. The van der Waals surface area contributed by atoms with Crippen molar-refractivity contribution in [2.24, 2.45) is 0 Å². The topological polar surface area (TPSA) is 51.3 Å². The fourth-order valence-corrected chi connectivity index (χ4v) is 3.86. The van der Waals surface area contributed by atoms with Gasteiger partial charge in [-0.05, 0) is 48.8 Å². The van der Waals surface area contributed by atoms with Gasteiger partial charge in [0.05, 0.1) is 4.92 Å². The van der Waals surface area contributed by atoms with Crippen LogP contribution in [0.3, 0.4) is 0 Å². The van der Waals surface area contributed by atoms with E-state index in [2.05, 4.69) is 34.0 Å². The molecule has 0 atom stereocenters. The fraction of sp³-hybridized carbons (Fsp3) is 0.429. The van der Waals surface area contributed by atoms with Gasteiger partial charge in [-0.3, -0.25) is 10.1 Å². The summed E-state index contributed by atoms with van der Waals surface area (Å²) in [4.78, 5) is 12.8. The Kier molecular flexibility index (Phi) is 3.48. The number of thiophene rings is 1. The molecule has 0 saturated carbocycles. The second-order valence-electron chi connectivity index (χ2n) is 5.18. The van der Waals surface area contributed by atoms with Gasteiger partial charge in [0.15, 0.2) is 0 Å². The Morgan fingerprint density at radius 3 is 2.50 bits per heavy atom. The third-order valence-corrected chi connectivity index (χ3v) is 5.11. The molecule has 0 aliphatic carbocycles. The number of hydrogen-bond donors (Lipinski definition) is 0. The monoisotopic (exact) mass is 291 g/mol. The molecule has 1 aliphatic rings. The molecule has 0 amide bonds. The maximum atomic E-state index is 10.9. The lowest BCUT2D eigenvalue weighted by atomic mass is 10.0. The minimum absolute atomic E-state index is 0.241. The lowest BCUT2D eigenvalue weighted by Crippen LogP contribution is -2.34. The predicted octanol–water partition coefficient (Wildman–Crippen LogP) is 3.61. The van der Waals surface area contributed by atoms with Gasteiger partial charge in [0.1, 0.15) is 5.00 Å². The van der Waals surface area contributed by atoms with Crippen molar-refractivity contribution in [3.63, 3.8) is 0 Å². The largest absolute Gasteiger partial charge is 0.363 e. The van der Waals surface area contributed by atoms with E-state index >= 15 is 0 Å². The van der Waals surface area contributed by atoms with Crippen molar-refractivity contribution in [1.82, 2.24) is 4.57 Å². The van der Waals surface area contributed by atoms with Gasteiger partial charge < -0.3 is 9.47 Å². The van der Waals surface area contributed by atoms with Gasteiger partial charge in [0.2, 0.25) is 0 Å². The highest BCUT2D eigenvalue weighted by Gasteiger charge is 2.24. The Labute approximate surface area is 121 Å². The van der Waals surface area contributed by atoms with E-state index in [4.69, 9.17) is 0 Å². The maximum Gasteiger partial charge on any atom is 0.326 e. The Morgan fingerprint density at radius 1 is 1.30 bits per heavy atom. The van der Waals surface area contributed by atoms with Crippen LogP contribution in [-0.4, -0.2) is 22.6 Å². The smallest absolute Gasteiger partial charge is 0.326 e. The highest BCUT2D eigenvalue weighted by Crippen LogP contribution is 2.38. The molecule has 3 rings (SSSR count). The van der Waals surface area contributed by atoms with E-state index in [-0.39, 0.29) is 9.92 Å². The van der Waals surface area contributed by atoms with Crippen LogP contribution in [0.4, 0.5) is 10.0 Å². The molecule has 0 radical (unpaired) electrons. The molecule has 0 aromatic carbocycles. The summed E-state index contributed by atoms with van der Waals surface area (Å²) in [6.07, 6.45) is 6.39. The van der Waals surface area contributed by atoms with Crippen molar-refractivity contribution >= 4 is 21.3 Å². The summed E-state index contributed by atoms with van der Waals surface area (Å²) in [7, 11) is 0. The first kappa shape index (κ1) is 13.2. The van der Waals surface area contributed by atoms with Crippen molar-refractivity contribution in [1.29, 1.82) is 0 Å². The van der Waals surface area contributed by atoms with Crippen LogP contribution in [-0.2, 0) is 0 Å². The molecule has 0 spiro atoms. The highest BCUT2D eigenvalue weighted by molar-refractivity contribution is 7.19. The SMILES string of the molecule is Cc1cc([N+](=O)[O-])sc1N1CCC(n2cccc2)CC1. The molecule has 0 unspecified atom stereocenters. The molecule has 2 aromatic heterocycles. The van der Waals surface area contributed by atoms with Crippen molar-refractivity contribution in [2.75, 3.05) is 18.0 Å². The Bertz CT molecular complexity index is 598. The highest BCUT2D eigenvalue weighted by atomic mass is 32.1. The van der Waals surface area contributed by atoms with Gasteiger partial charge in [-0.1, -0.05) is 0 Å². The summed E-state index contributed by atoms with van der Waals surface area (Å²) in [6.45, 7) is 3.87. The zero-order chi connectivity index (χ0) is 14.1. The first-order chi connectivity index (χ1) is 9.65. The van der Waals surface area contributed by atoms with Crippen LogP contribution in [0, 0.1) is 17.0 Å². The molecule has 1 aliphatic heterocycles.